The van der Waals surface area contributed by atoms with Crippen molar-refractivity contribution in [3.8, 4) is 0 Å². The lowest BCUT2D eigenvalue weighted by atomic mass is 9.85. The third-order valence-electron chi connectivity index (χ3n) is 3.30. The van der Waals surface area contributed by atoms with Gasteiger partial charge in [0.1, 0.15) is 5.69 Å². The minimum atomic E-state index is -0.126. The van der Waals surface area contributed by atoms with Gasteiger partial charge in [-0.05, 0) is 25.2 Å². The van der Waals surface area contributed by atoms with Crippen molar-refractivity contribution in [1.29, 1.82) is 0 Å². The van der Waals surface area contributed by atoms with Gasteiger partial charge in [-0.25, -0.2) is 4.68 Å². The van der Waals surface area contributed by atoms with Crippen molar-refractivity contribution in [3.63, 3.8) is 0 Å². The van der Waals surface area contributed by atoms with Crippen molar-refractivity contribution >= 4 is 17.3 Å². The maximum atomic E-state index is 12.2. The average Bonchev–Trinajstić information content (AvgIpc) is 2.30. The summed E-state index contributed by atoms with van der Waals surface area (Å²) in [4.78, 5) is 12.2. The molecule has 0 saturated heterocycles. The SMILES string of the molecule is C=CCCNc1c(Cl)cnn(CC2CCC2)c1=O. The Balaban J connectivity index is 2.13. The van der Waals surface area contributed by atoms with Gasteiger partial charge < -0.3 is 5.32 Å². The topological polar surface area (TPSA) is 46.9 Å². The Bertz CT molecular complexity index is 480. The minimum Gasteiger partial charge on any atom is -0.379 e. The smallest absolute Gasteiger partial charge is 0.291 e. The molecule has 1 saturated carbocycles. The van der Waals surface area contributed by atoms with Crippen LogP contribution < -0.4 is 10.9 Å². The molecular weight excluding hydrogens is 250 g/mol. The van der Waals surface area contributed by atoms with Gasteiger partial charge in [-0.2, -0.15) is 5.10 Å². The predicted octanol–water partition coefficient (Wildman–Crippen LogP) is 2.68. The fourth-order valence-electron chi connectivity index (χ4n) is 1.98. The number of halogens is 1. The van der Waals surface area contributed by atoms with Crippen molar-refractivity contribution in [2.24, 2.45) is 5.92 Å². The summed E-state index contributed by atoms with van der Waals surface area (Å²) in [5.41, 5.74) is 0.325. The van der Waals surface area contributed by atoms with Crippen LogP contribution in [0.5, 0.6) is 0 Å². The molecule has 1 aliphatic rings. The molecule has 1 N–H and O–H groups in total. The van der Waals surface area contributed by atoms with Crippen LogP contribution in [0, 0.1) is 5.92 Å². The second kappa shape index (κ2) is 6.05. The highest BCUT2D eigenvalue weighted by molar-refractivity contribution is 6.32. The fourth-order valence-corrected chi connectivity index (χ4v) is 2.17. The summed E-state index contributed by atoms with van der Waals surface area (Å²) in [6.07, 6.45) is 7.77. The number of rotatable bonds is 6. The van der Waals surface area contributed by atoms with Crippen LogP contribution in [0.1, 0.15) is 25.7 Å². The van der Waals surface area contributed by atoms with Gasteiger partial charge in [0.25, 0.3) is 5.56 Å². The third kappa shape index (κ3) is 2.93. The van der Waals surface area contributed by atoms with E-state index in [9.17, 15) is 4.79 Å². The molecule has 0 radical (unpaired) electrons. The summed E-state index contributed by atoms with van der Waals surface area (Å²) in [5.74, 6) is 0.595. The van der Waals surface area contributed by atoms with Gasteiger partial charge in [0.2, 0.25) is 0 Å². The van der Waals surface area contributed by atoms with Crippen molar-refractivity contribution in [1.82, 2.24) is 9.78 Å². The zero-order chi connectivity index (χ0) is 13.0. The summed E-state index contributed by atoms with van der Waals surface area (Å²) >= 11 is 6.00. The normalized spacial score (nSPS) is 15.2. The van der Waals surface area contributed by atoms with Crippen LogP contribution in [0.2, 0.25) is 5.02 Å². The molecule has 0 amide bonds. The summed E-state index contributed by atoms with van der Waals surface area (Å²) in [7, 11) is 0. The quantitative estimate of drug-likeness (QED) is 0.637. The Hall–Kier alpha value is -1.29. The average molecular weight is 268 g/mol. The molecule has 4 nitrogen and oxygen atoms in total. The predicted molar refractivity (Wildman–Crippen MR) is 74.2 cm³/mol. The van der Waals surface area contributed by atoms with Gasteiger partial charge in [-0.15, -0.1) is 6.58 Å². The lowest BCUT2D eigenvalue weighted by molar-refractivity contribution is 0.262. The van der Waals surface area contributed by atoms with E-state index >= 15 is 0 Å². The summed E-state index contributed by atoms with van der Waals surface area (Å²) in [6, 6.07) is 0. The second-order valence-electron chi connectivity index (χ2n) is 4.66. The Morgan fingerprint density at radius 3 is 3.00 bits per heavy atom. The first-order valence-electron chi connectivity index (χ1n) is 6.32. The maximum absolute atomic E-state index is 12.2. The van der Waals surface area contributed by atoms with Crippen molar-refractivity contribution in [2.45, 2.75) is 32.2 Å². The van der Waals surface area contributed by atoms with E-state index < -0.39 is 0 Å². The highest BCUT2D eigenvalue weighted by Crippen LogP contribution is 2.27. The maximum Gasteiger partial charge on any atom is 0.291 e. The first kappa shape index (κ1) is 13.1. The molecule has 0 spiro atoms. The van der Waals surface area contributed by atoms with E-state index in [1.165, 1.54) is 30.1 Å². The lowest BCUT2D eigenvalue weighted by Gasteiger charge is -2.25. The standard InChI is InChI=1S/C13H18ClN3O/c1-2-3-7-15-12-11(14)8-16-17(13(12)18)9-10-5-4-6-10/h2,8,10,15H,1,3-7,9H2. The van der Waals surface area contributed by atoms with Crippen molar-refractivity contribution < 1.29 is 0 Å². The van der Waals surface area contributed by atoms with Crippen LogP contribution in [0.25, 0.3) is 0 Å². The summed E-state index contributed by atoms with van der Waals surface area (Å²) < 4.78 is 1.52. The number of nitrogens with one attached hydrogen (secondary N) is 1. The van der Waals surface area contributed by atoms with Crippen LogP contribution >= 0.6 is 11.6 Å². The number of hydrogen-bond donors (Lipinski definition) is 1. The molecule has 0 atom stereocenters. The number of aromatic nitrogens is 2. The Morgan fingerprint density at radius 1 is 1.61 bits per heavy atom. The molecule has 0 aromatic carbocycles. The van der Waals surface area contributed by atoms with E-state index in [2.05, 4.69) is 17.0 Å². The monoisotopic (exact) mass is 267 g/mol. The summed E-state index contributed by atoms with van der Waals surface area (Å²) in [5, 5.41) is 7.54. The van der Waals surface area contributed by atoms with Gasteiger partial charge in [0, 0.05) is 13.1 Å². The number of nitrogens with zero attached hydrogens (tertiary/aromatic N) is 2. The molecule has 1 aromatic rings. The zero-order valence-electron chi connectivity index (χ0n) is 10.4. The van der Waals surface area contributed by atoms with Gasteiger partial charge in [-0.3, -0.25) is 4.79 Å². The van der Waals surface area contributed by atoms with Crippen molar-refractivity contribution in [2.75, 3.05) is 11.9 Å². The Labute approximate surface area is 112 Å². The molecular formula is C13H18ClN3O. The van der Waals surface area contributed by atoms with Crippen LogP contribution in [0.4, 0.5) is 5.69 Å². The van der Waals surface area contributed by atoms with Gasteiger partial charge in [-0.1, -0.05) is 24.1 Å². The molecule has 98 valence electrons. The first-order chi connectivity index (χ1) is 8.72. The van der Waals surface area contributed by atoms with Crippen LogP contribution in [-0.2, 0) is 6.54 Å². The molecule has 2 rings (SSSR count). The van der Waals surface area contributed by atoms with Crippen LogP contribution in [0.3, 0.4) is 0 Å². The van der Waals surface area contributed by atoms with E-state index in [1.807, 2.05) is 0 Å². The van der Waals surface area contributed by atoms with E-state index in [0.717, 1.165) is 6.42 Å². The first-order valence-corrected chi connectivity index (χ1v) is 6.70. The molecule has 0 unspecified atom stereocenters. The number of hydrogen-bond acceptors (Lipinski definition) is 3. The van der Waals surface area contributed by atoms with Crippen LogP contribution in [0.15, 0.2) is 23.6 Å². The van der Waals surface area contributed by atoms with Crippen molar-refractivity contribution in [3.05, 3.63) is 34.2 Å². The number of anilines is 1. The Kier molecular flexibility index (Phi) is 4.42. The van der Waals surface area contributed by atoms with E-state index in [0.29, 0.717) is 29.7 Å². The molecule has 1 aromatic heterocycles. The van der Waals surface area contributed by atoms with Gasteiger partial charge >= 0.3 is 0 Å². The minimum absolute atomic E-state index is 0.126. The zero-order valence-corrected chi connectivity index (χ0v) is 11.1. The molecule has 18 heavy (non-hydrogen) atoms. The summed E-state index contributed by atoms with van der Waals surface area (Å²) in [6.45, 7) is 5.00. The van der Waals surface area contributed by atoms with Gasteiger partial charge in [0.15, 0.2) is 0 Å². The fraction of sp³-hybridized carbons (Fsp3) is 0.538. The van der Waals surface area contributed by atoms with E-state index in [1.54, 1.807) is 6.08 Å². The molecule has 1 fully saturated rings. The van der Waals surface area contributed by atoms with Crippen LogP contribution in [-0.4, -0.2) is 16.3 Å². The van der Waals surface area contributed by atoms with Gasteiger partial charge in [0.05, 0.1) is 11.2 Å². The molecule has 1 aliphatic carbocycles. The largest absolute Gasteiger partial charge is 0.379 e. The molecule has 0 bridgehead atoms. The molecule has 0 aliphatic heterocycles. The highest BCUT2D eigenvalue weighted by atomic mass is 35.5. The third-order valence-corrected chi connectivity index (χ3v) is 3.59. The van der Waals surface area contributed by atoms with E-state index in [4.69, 9.17) is 11.6 Å². The molecule has 1 heterocycles. The highest BCUT2D eigenvalue weighted by Gasteiger charge is 2.20. The second-order valence-corrected chi connectivity index (χ2v) is 5.06. The molecule has 5 heteroatoms. The lowest BCUT2D eigenvalue weighted by Crippen LogP contribution is -2.31. The van der Waals surface area contributed by atoms with E-state index in [-0.39, 0.29) is 5.56 Å². The Morgan fingerprint density at radius 2 is 2.39 bits per heavy atom.